The first kappa shape index (κ1) is 62.6. The average molecular weight is 1070 g/mol. The molecule has 2 aromatic rings. The number of ether oxygens (including phenoxy) is 2. The first-order chi connectivity index (χ1) is 35.1. The number of nitrogens with two attached hydrogens (primary N) is 2. The first-order valence-corrected chi connectivity index (χ1v) is 25.1. The molecule has 0 aliphatic heterocycles. The highest BCUT2D eigenvalue weighted by molar-refractivity contribution is 6.33. The van der Waals surface area contributed by atoms with Crippen LogP contribution in [-0.2, 0) is 38.2 Å². The number of primary amides is 2. The second kappa shape index (κ2) is 26.2. The van der Waals surface area contributed by atoms with Crippen molar-refractivity contribution in [1.29, 1.82) is 0 Å². The van der Waals surface area contributed by atoms with Gasteiger partial charge in [0.05, 0.1) is 22.3 Å². The van der Waals surface area contributed by atoms with Crippen LogP contribution in [0.1, 0.15) is 142 Å². The summed E-state index contributed by atoms with van der Waals surface area (Å²) in [5, 5.41) is 38.1. The topological polar surface area (TPSA) is 360 Å². The van der Waals surface area contributed by atoms with Crippen LogP contribution in [0.4, 0.5) is 21.0 Å². The van der Waals surface area contributed by atoms with Gasteiger partial charge in [0.1, 0.15) is 59.0 Å². The number of nitrogens with zero attached hydrogens (tertiary/aromatic N) is 2. The molecule has 0 bridgehead atoms. The van der Waals surface area contributed by atoms with E-state index >= 15 is 0 Å². The molecule has 0 radical (unpaired) electrons. The number of anilines is 2. The second-order valence-electron chi connectivity index (χ2n) is 21.6. The number of carbonyl (C=O) groups excluding carboxylic acids is 10. The summed E-state index contributed by atoms with van der Waals surface area (Å²) >= 11 is 0. The van der Waals surface area contributed by atoms with Crippen molar-refractivity contribution in [1.82, 2.24) is 31.1 Å². The highest BCUT2D eigenvalue weighted by atomic mass is 16.6. The van der Waals surface area contributed by atoms with Crippen LogP contribution in [0.15, 0.2) is 24.3 Å². The van der Waals surface area contributed by atoms with E-state index in [9.17, 15) is 58.2 Å². The molecule has 0 saturated heterocycles. The van der Waals surface area contributed by atoms with E-state index in [1.165, 1.54) is 39.8 Å². The van der Waals surface area contributed by atoms with Crippen molar-refractivity contribution in [3.8, 4) is 11.5 Å². The number of nitrogens with one attached hydrogen (secondary N) is 6. The number of phenols is 2. The Bertz CT molecular complexity index is 2370. The third-order valence-corrected chi connectivity index (χ3v) is 11.8. The zero-order valence-electron chi connectivity index (χ0n) is 46.0. The Morgan fingerprint density at radius 1 is 0.513 bits per heavy atom. The fourth-order valence-corrected chi connectivity index (χ4v) is 7.92. The number of phenolic OH excluding ortho intramolecular Hbond substituents is 2. The molecule has 76 heavy (non-hydrogen) atoms. The summed E-state index contributed by atoms with van der Waals surface area (Å²) in [6.45, 7) is 21.8. The Morgan fingerprint density at radius 3 is 1.11 bits per heavy atom. The standard InChI is InChI=1S/C52H78N10O14/c1-25(2)23-33(43(53)67)59-45(69)27(5)57-47(71)29(7)61(49(73)75-51(9,10)11)21-19-55-31-15-16-32(38-37(31)41(65)39-35(63)17-18-36(64)40(39)42(38)66)56-20-22-62(50(74)76-52(12,13)14)30(8)48(72)58-28(6)46(70)60-34(44(54)68)24-26(3)4/h15-18,25-30,33-34,55-56,63-64H,19-24H2,1-14H3,(H2,53,67)(H2,54,68)(H,57,71)(H,58,72)(H,59,69)(H,60,70)/t27-,28-,29-,30-,33-,34-/m0/s1. The number of rotatable bonds is 24. The van der Waals surface area contributed by atoms with Crippen molar-refractivity contribution < 1.29 is 67.6 Å². The van der Waals surface area contributed by atoms with Gasteiger partial charge in [-0.25, -0.2) is 9.59 Å². The molecule has 0 spiro atoms. The lowest BCUT2D eigenvalue weighted by Gasteiger charge is -2.32. The first-order valence-electron chi connectivity index (χ1n) is 25.1. The zero-order valence-corrected chi connectivity index (χ0v) is 46.0. The zero-order chi connectivity index (χ0) is 57.9. The van der Waals surface area contributed by atoms with Crippen molar-refractivity contribution in [2.45, 2.75) is 157 Å². The molecule has 24 heteroatoms. The van der Waals surface area contributed by atoms with Crippen molar-refractivity contribution in [3.05, 3.63) is 46.5 Å². The van der Waals surface area contributed by atoms with Gasteiger partial charge in [-0.3, -0.25) is 48.2 Å². The number of fused-ring (bicyclic) bond motifs is 2. The van der Waals surface area contributed by atoms with Gasteiger partial charge < -0.3 is 63.1 Å². The molecule has 0 fully saturated rings. The Labute approximate surface area is 443 Å². The predicted molar refractivity (Wildman–Crippen MR) is 281 cm³/mol. The van der Waals surface area contributed by atoms with E-state index in [1.807, 2.05) is 27.7 Å². The van der Waals surface area contributed by atoms with Crippen molar-refractivity contribution in [2.24, 2.45) is 23.3 Å². The van der Waals surface area contributed by atoms with Crippen molar-refractivity contribution in [3.63, 3.8) is 0 Å². The number of ketones is 2. The summed E-state index contributed by atoms with van der Waals surface area (Å²) in [4.78, 5) is 136. The summed E-state index contributed by atoms with van der Waals surface area (Å²) < 4.78 is 11.3. The molecular weight excluding hydrogens is 989 g/mol. The van der Waals surface area contributed by atoms with E-state index < -0.39 is 129 Å². The fourth-order valence-electron chi connectivity index (χ4n) is 7.92. The summed E-state index contributed by atoms with van der Waals surface area (Å²) in [7, 11) is 0. The smallest absolute Gasteiger partial charge is 0.411 e. The molecular formula is C52H78N10O14. The van der Waals surface area contributed by atoms with Crippen LogP contribution in [0.25, 0.3) is 0 Å². The Morgan fingerprint density at radius 2 is 0.829 bits per heavy atom. The Balaban J connectivity index is 1.97. The van der Waals surface area contributed by atoms with Crippen molar-refractivity contribution in [2.75, 3.05) is 36.8 Å². The third kappa shape index (κ3) is 17.2. The minimum atomic E-state index is -1.27. The van der Waals surface area contributed by atoms with Gasteiger partial charge in [0.2, 0.25) is 47.0 Å². The molecule has 6 atom stereocenters. The minimum absolute atomic E-state index is 0.0149. The number of benzene rings is 2. The van der Waals surface area contributed by atoms with E-state index in [0.29, 0.717) is 0 Å². The predicted octanol–water partition coefficient (Wildman–Crippen LogP) is 2.99. The number of aromatic hydroxyl groups is 2. The van der Waals surface area contributed by atoms with Crippen LogP contribution in [0.2, 0.25) is 0 Å². The van der Waals surface area contributed by atoms with Gasteiger partial charge >= 0.3 is 12.2 Å². The van der Waals surface area contributed by atoms with Gasteiger partial charge in [0.25, 0.3) is 0 Å². The number of hydrogen-bond acceptors (Lipinski definition) is 16. The molecule has 2 aromatic carbocycles. The molecule has 12 N–H and O–H groups in total. The van der Waals surface area contributed by atoms with Gasteiger partial charge in [-0.15, -0.1) is 0 Å². The van der Waals surface area contributed by atoms with Gasteiger partial charge in [-0.2, -0.15) is 0 Å². The largest absolute Gasteiger partial charge is 0.507 e. The lowest BCUT2D eigenvalue weighted by atomic mass is 9.81. The average Bonchev–Trinajstić information content (AvgIpc) is 3.29. The molecule has 3 rings (SSSR count). The highest BCUT2D eigenvalue weighted by Crippen LogP contribution is 2.42. The van der Waals surface area contributed by atoms with E-state index in [4.69, 9.17) is 20.9 Å². The molecule has 1 aliphatic carbocycles. The molecule has 0 heterocycles. The SMILES string of the molecule is CC(C)C[C@H](NC(=O)[C@H](C)NC(=O)[C@H](C)N(CCNc1ccc(NCCN(C(=O)OC(C)(C)C)[C@@H](C)C(=O)N[C@@H](C)C(=O)N[C@@H](CC(C)C)C(N)=O)c2c1C(=O)c1c(O)ccc(O)c1C2=O)C(=O)OC(C)(C)C)C(N)=O. The third-order valence-electron chi connectivity index (χ3n) is 11.8. The Kier molecular flexibility index (Phi) is 21.6. The monoisotopic (exact) mass is 1070 g/mol. The quantitative estimate of drug-likeness (QED) is 0.0577. The van der Waals surface area contributed by atoms with E-state index in [1.54, 1.807) is 41.5 Å². The van der Waals surface area contributed by atoms with Gasteiger partial charge in [0, 0.05) is 37.6 Å². The van der Waals surface area contributed by atoms with Crippen LogP contribution in [0.5, 0.6) is 11.5 Å². The molecule has 0 unspecified atom stereocenters. The van der Waals surface area contributed by atoms with E-state index in [2.05, 4.69) is 31.9 Å². The van der Waals surface area contributed by atoms with Gasteiger partial charge in [-0.05, 0) is 118 Å². The molecule has 24 nitrogen and oxygen atoms in total. The minimum Gasteiger partial charge on any atom is -0.507 e. The summed E-state index contributed by atoms with van der Waals surface area (Å²) in [5.41, 5.74) is 7.56. The van der Waals surface area contributed by atoms with Crippen LogP contribution in [0, 0.1) is 11.8 Å². The molecule has 420 valence electrons. The normalized spacial score (nSPS) is 14.6. The maximum absolute atomic E-state index is 14.5. The Hall–Kier alpha value is -7.66. The number of carbonyl (C=O) groups is 10. The maximum atomic E-state index is 14.5. The van der Waals surface area contributed by atoms with Crippen LogP contribution in [0.3, 0.4) is 0 Å². The summed E-state index contributed by atoms with van der Waals surface area (Å²) in [5.74, 6) is -7.30. The summed E-state index contributed by atoms with van der Waals surface area (Å²) in [6.07, 6.45) is -1.30. The maximum Gasteiger partial charge on any atom is 0.411 e. The van der Waals surface area contributed by atoms with Crippen LogP contribution in [-0.4, -0.2) is 153 Å². The second-order valence-corrected chi connectivity index (χ2v) is 21.6. The van der Waals surface area contributed by atoms with Crippen LogP contribution >= 0.6 is 0 Å². The summed E-state index contributed by atoms with van der Waals surface area (Å²) in [6, 6.07) is -1.87. The molecule has 0 saturated carbocycles. The van der Waals surface area contributed by atoms with E-state index in [0.717, 1.165) is 21.9 Å². The highest BCUT2D eigenvalue weighted by Gasteiger charge is 2.39. The number of hydrogen-bond donors (Lipinski definition) is 10. The molecule has 8 amide bonds. The lowest BCUT2D eigenvalue weighted by molar-refractivity contribution is -0.132. The fraction of sp³-hybridized carbons (Fsp3) is 0.577. The van der Waals surface area contributed by atoms with Gasteiger partial charge in [-0.1, -0.05) is 27.7 Å². The van der Waals surface area contributed by atoms with Gasteiger partial charge in [0.15, 0.2) is 0 Å². The molecule has 1 aliphatic rings. The lowest BCUT2D eigenvalue weighted by Crippen LogP contribution is -2.56. The van der Waals surface area contributed by atoms with E-state index in [-0.39, 0.29) is 73.4 Å². The molecule has 0 aromatic heterocycles. The number of amides is 8. The van der Waals surface area contributed by atoms with Crippen molar-refractivity contribution >= 4 is 70.6 Å². The van der Waals surface area contributed by atoms with Crippen LogP contribution < -0.4 is 43.4 Å².